The smallest absolute Gasteiger partial charge is 0.306 e. The summed E-state index contributed by atoms with van der Waals surface area (Å²) >= 11 is 0. The van der Waals surface area contributed by atoms with Crippen LogP contribution in [-0.2, 0) is 0 Å². The third-order valence-electron chi connectivity index (χ3n) is 4.16. The number of alkyl halides is 2. The second kappa shape index (κ2) is 6.84. The molecule has 27 heavy (non-hydrogen) atoms. The van der Waals surface area contributed by atoms with E-state index >= 15 is 0 Å². The second-order valence-corrected chi connectivity index (χ2v) is 5.80. The third kappa shape index (κ3) is 3.09. The van der Waals surface area contributed by atoms with Crippen LogP contribution in [0.4, 0.5) is 8.78 Å². The highest BCUT2D eigenvalue weighted by Crippen LogP contribution is 2.28. The van der Waals surface area contributed by atoms with Crippen LogP contribution in [0.1, 0.15) is 17.9 Å². The SMILES string of the molecule is N#C/C(=C/c1ccc(-n2ccnc2)cc1)c1nc2ccccc2n1C(F)F. The number of para-hydroxylation sites is 2. The Morgan fingerprint density at radius 3 is 2.56 bits per heavy atom. The predicted molar refractivity (Wildman–Crippen MR) is 98.0 cm³/mol. The molecule has 2 aromatic heterocycles. The molecule has 0 fully saturated rings. The van der Waals surface area contributed by atoms with Crippen LogP contribution in [0.15, 0.2) is 67.3 Å². The molecule has 7 heteroatoms. The number of hydrogen-bond donors (Lipinski definition) is 0. The Hall–Kier alpha value is -3.79. The van der Waals surface area contributed by atoms with E-state index in [1.165, 1.54) is 0 Å². The van der Waals surface area contributed by atoms with Gasteiger partial charge in [-0.2, -0.15) is 14.0 Å². The van der Waals surface area contributed by atoms with Gasteiger partial charge >= 0.3 is 6.55 Å². The van der Waals surface area contributed by atoms with Crippen molar-refractivity contribution in [2.75, 3.05) is 0 Å². The quantitative estimate of drug-likeness (QED) is 0.496. The van der Waals surface area contributed by atoms with Crippen molar-refractivity contribution in [2.24, 2.45) is 0 Å². The zero-order valence-corrected chi connectivity index (χ0v) is 14.0. The molecule has 0 aliphatic rings. The first-order chi connectivity index (χ1) is 13.2. The molecular weight excluding hydrogens is 348 g/mol. The van der Waals surface area contributed by atoms with E-state index in [0.29, 0.717) is 16.6 Å². The van der Waals surface area contributed by atoms with Crippen LogP contribution in [0.25, 0.3) is 28.4 Å². The zero-order valence-electron chi connectivity index (χ0n) is 14.0. The highest BCUT2D eigenvalue weighted by Gasteiger charge is 2.20. The van der Waals surface area contributed by atoms with Gasteiger partial charge in [-0.25, -0.2) is 9.97 Å². The maximum Gasteiger partial charge on any atom is 0.320 e. The molecule has 0 atom stereocenters. The van der Waals surface area contributed by atoms with E-state index in [1.54, 1.807) is 42.9 Å². The van der Waals surface area contributed by atoms with Gasteiger partial charge in [-0.05, 0) is 35.9 Å². The van der Waals surface area contributed by atoms with Gasteiger partial charge in [0.05, 0.1) is 22.9 Å². The number of aromatic nitrogens is 4. The van der Waals surface area contributed by atoms with E-state index in [4.69, 9.17) is 0 Å². The van der Waals surface area contributed by atoms with Gasteiger partial charge in [0.1, 0.15) is 6.07 Å². The predicted octanol–water partition coefficient (Wildman–Crippen LogP) is 4.68. The number of rotatable bonds is 4. The van der Waals surface area contributed by atoms with Crippen LogP contribution in [-0.4, -0.2) is 19.1 Å². The van der Waals surface area contributed by atoms with Crippen molar-refractivity contribution in [3.63, 3.8) is 0 Å². The van der Waals surface area contributed by atoms with Crippen LogP contribution in [0.5, 0.6) is 0 Å². The number of benzene rings is 2. The van der Waals surface area contributed by atoms with Crippen LogP contribution in [0.3, 0.4) is 0 Å². The third-order valence-corrected chi connectivity index (χ3v) is 4.16. The summed E-state index contributed by atoms with van der Waals surface area (Å²) < 4.78 is 29.9. The molecule has 0 unspecified atom stereocenters. The molecule has 5 nitrogen and oxygen atoms in total. The van der Waals surface area contributed by atoms with Crippen molar-refractivity contribution in [3.8, 4) is 11.8 Å². The van der Waals surface area contributed by atoms with Crippen molar-refractivity contribution in [1.82, 2.24) is 19.1 Å². The first kappa shape index (κ1) is 16.7. The molecule has 0 amide bonds. The molecule has 2 aromatic carbocycles. The molecule has 0 N–H and O–H groups in total. The van der Waals surface area contributed by atoms with Crippen molar-refractivity contribution >= 4 is 22.7 Å². The van der Waals surface area contributed by atoms with Gasteiger partial charge < -0.3 is 4.57 Å². The topological polar surface area (TPSA) is 59.4 Å². The monoisotopic (exact) mass is 361 g/mol. The molecule has 0 saturated heterocycles. The summed E-state index contributed by atoms with van der Waals surface area (Å²) in [6.45, 7) is -2.80. The van der Waals surface area contributed by atoms with Gasteiger partial charge in [-0.3, -0.25) is 4.57 Å². The van der Waals surface area contributed by atoms with Crippen molar-refractivity contribution in [3.05, 3.63) is 78.6 Å². The molecule has 0 bridgehead atoms. The first-order valence-corrected chi connectivity index (χ1v) is 8.13. The van der Waals surface area contributed by atoms with E-state index in [9.17, 15) is 14.0 Å². The van der Waals surface area contributed by atoms with Crippen molar-refractivity contribution in [2.45, 2.75) is 6.55 Å². The largest absolute Gasteiger partial charge is 0.320 e. The van der Waals surface area contributed by atoms with Gasteiger partial charge in [0.2, 0.25) is 0 Å². The summed E-state index contributed by atoms with van der Waals surface area (Å²) in [5.74, 6) is -0.0487. The maximum atomic E-state index is 13.6. The first-order valence-electron chi connectivity index (χ1n) is 8.13. The standard InChI is InChI=1S/C20H13F2N5/c21-20(22)27-18-4-2-1-3-17(18)25-19(27)15(12-23)11-14-5-7-16(8-6-14)26-10-9-24-13-26/h1-11,13,20H/b15-11-. The van der Waals surface area contributed by atoms with E-state index in [-0.39, 0.29) is 11.4 Å². The Labute approximate surface area is 153 Å². The summed E-state index contributed by atoms with van der Waals surface area (Å²) in [6, 6.07) is 15.9. The van der Waals surface area contributed by atoms with E-state index in [0.717, 1.165) is 10.3 Å². The van der Waals surface area contributed by atoms with E-state index in [2.05, 4.69) is 9.97 Å². The lowest BCUT2D eigenvalue weighted by molar-refractivity contribution is 0.0738. The minimum atomic E-state index is -2.80. The molecule has 0 radical (unpaired) electrons. The number of hydrogen-bond acceptors (Lipinski definition) is 3. The Morgan fingerprint density at radius 2 is 1.89 bits per heavy atom. The van der Waals surface area contributed by atoms with Crippen LogP contribution >= 0.6 is 0 Å². The van der Waals surface area contributed by atoms with Gasteiger partial charge in [-0.15, -0.1) is 0 Å². The lowest BCUT2D eigenvalue weighted by Crippen LogP contribution is -2.03. The molecule has 0 saturated carbocycles. The van der Waals surface area contributed by atoms with Crippen molar-refractivity contribution in [1.29, 1.82) is 5.26 Å². The fourth-order valence-corrected chi connectivity index (χ4v) is 2.90. The van der Waals surface area contributed by atoms with Crippen LogP contribution in [0.2, 0.25) is 0 Å². The number of nitrogens with zero attached hydrogens (tertiary/aromatic N) is 5. The highest BCUT2D eigenvalue weighted by molar-refractivity contribution is 5.91. The zero-order chi connectivity index (χ0) is 18.8. The Kier molecular flexibility index (Phi) is 4.22. The van der Waals surface area contributed by atoms with E-state index < -0.39 is 6.55 Å². The summed E-state index contributed by atoms with van der Waals surface area (Å²) in [6.07, 6.45) is 6.72. The molecule has 132 valence electrons. The molecular formula is C20H13F2N5. The van der Waals surface area contributed by atoms with Gasteiger partial charge in [0.15, 0.2) is 5.82 Å². The van der Waals surface area contributed by atoms with Crippen LogP contribution in [0, 0.1) is 11.3 Å². The van der Waals surface area contributed by atoms with E-state index in [1.807, 2.05) is 41.1 Å². The van der Waals surface area contributed by atoms with Gasteiger partial charge in [-0.1, -0.05) is 24.3 Å². The Balaban J connectivity index is 1.77. The summed E-state index contributed by atoms with van der Waals surface area (Å²) in [5.41, 5.74) is 2.40. The number of imidazole rings is 2. The second-order valence-electron chi connectivity index (χ2n) is 5.80. The molecule has 0 aliphatic carbocycles. The maximum absolute atomic E-state index is 13.6. The van der Waals surface area contributed by atoms with Crippen molar-refractivity contribution < 1.29 is 8.78 Å². The number of halogens is 2. The Morgan fingerprint density at radius 1 is 1.11 bits per heavy atom. The fourth-order valence-electron chi connectivity index (χ4n) is 2.90. The number of nitriles is 1. The molecule has 4 rings (SSSR count). The average Bonchev–Trinajstić information content (AvgIpc) is 3.34. The highest BCUT2D eigenvalue weighted by atomic mass is 19.3. The van der Waals surface area contributed by atoms with Gasteiger partial charge in [0.25, 0.3) is 0 Å². The summed E-state index contributed by atoms with van der Waals surface area (Å²) in [4.78, 5) is 8.23. The number of allylic oxidation sites excluding steroid dienone is 1. The van der Waals surface area contributed by atoms with Crippen LogP contribution < -0.4 is 0 Å². The lowest BCUT2D eigenvalue weighted by atomic mass is 10.1. The average molecular weight is 361 g/mol. The summed E-state index contributed by atoms with van der Waals surface area (Å²) in [7, 11) is 0. The Bertz CT molecular complexity index is 1150. The van der Waals surface area contributed by atoms with Gasteiger partial charge in [0, 0.05) is 18.1 Å². The molecule has 0 aliphatic heterocycles. The molecule has 4 aromatic rings. The lowest BCUT2D eigenvalue weighted by Gasteiger charge is -2.07. The number of fused-ring (bicyclic) bond motifs is 1. The minimum Gasteiger partial charge on any atom is -0.306 e. The summed E-state index contributed by atoms with van der Waals surface area (Å²) in [5, 5.41) is 9.55. The minimum absolute atomic E-state index is 0.0487. The fraction of sp³-hybridized carbons (Fsp3) is 0.0500. The molecule has 2 heterocycles. The normalized spacial score (nSPS) is 11.9. The molecule has 0 spiro atoms.